The van der Waals surface area contributed by atoms with E-state index in [2.05, 4.69) is 121 Å². The lowest BCUT2D eigenvalue weighted by atomic mass is 9.28. The van der Waals surface area contributed by atoms with Crippen LogP contribution in [0.15, 0.2) is 182 Å². The summed E-state index contributed by atoms with van der Waals surface area (Å²) in [5.74, 6) is 5.50. The second-order valence-corrected chi connectivity index (χ2v) is 16.6. The van der Waals surface area contributed by atoms with Crippen molar-refractivity contribution in [1.29, 1.82) is 0 Å². The molecule has 5 heteroatoms. The van der Waals surface area contributed by atoms with Gasteiger partial charge in [0, 0.05) is 33.4 Å². The molecule has 3 aliphatic rings. The standard InChI is InChI=1S/C54H39N5/c1-4-14-34(15-5-1)47-31-48(56-52(55-47)39-22-13-23-42(30-39)54-32-40-29-41(33-54)49(40)54)38-21-12-20-37(28-38)43-26-27-46(45-25-11-10-24-44(43)45)53-58-50(35-16-6-2-7-17-35)57-51(59-53)36-18-8-3-9-19-36/h1-28,30-31,40-41,49H,29,32-33H2. The van der Waals surface area contributed by atoms with Crippen LogP contribution in [0.1, 0.15) is 24.8 Å². The van der Waals surface area contributed by atoms with E-state index in [1.54, 1.807) is 0 Å². The summed E-state index contributed by atoms with van der Waals surface area (Å²) in [5, 5.41) is 2.20. The van der Waals surface area contributed by atoms with Gasteiger partial charge in [0.05, 0.1) is 11.4 Å². The van der Waals surface area contributed by atoms with Gasteiger partial charge in [0.25, 0.3) is 0 Å². The van der Waals surface area contributed by atoms with Crippen molar-refractivity contribution in [2.75, 3.05) is 0 Å². The van der Waals surface area contributed by atoms with Gasteiger partial charge in [-0.25, -0.2) is 24.9 Å². The van der Waals surface area contributed by atoms with Crippen molar-refractivity contribution in [3.8, 4) is 79.2 Å². The average Bonchev–Trinajstić information content (AvgIpc) is 3.31. The van der Waals surface area contributed by atoms with Crippen LogP contribution in [-0.2, 0) is 5.41 Å². The average molecular weight is 758 g/mol. The predicted molar refractivity (Wildman–Crippen MR) is 237 cm³/mol. The zero-order valence-electron chi connectivity index (χ0n) is 32.4. The van der Waals surface area contributed by atoms with Gasteiger partial charge in [0.1, 0.15) is 0 Å². The number of rotatable bonds is 8. The molecular formula is C54H39N5. The minimum absolute atomic E-state index is 0.383. The monoisotopic (exact) mass is 757 g/mol. The number of fused-ring (bicyclic) bond motifs is 1. The summed E-state index contributed by atoms with van der Waals surface area (Å²) in [6.45, 7) is 0. The maximum atomic E-state index is 5.31. The Morgan fingerprint density at radius 3 is 1.49 bits per heavy atom. The SMILES string of the molecule is c1ccc(-c2cc(-c3cccc(-c4ccc(-c5nc(-c6ccccc6)nc(-c6ccccc6)n5)c5ccccc45)c3)nc(-c3cccc(C45CC6CC(C4)C65)c3)n2)cc1. The molecule has 5 nitrogen and oxygen atoms in total. The Morgan fingerprint density at radius 2 is 0.847 bits per heavy atom. The van der Waals surface area contributed by atoms with Crippen LogP contribution in [0, 0.1) is 17.8 Å². The highest BCUT2D eigenvalue weighted by molar-refractivity contribution is 6.04. The third kappa shape index (κ3) is 5.64. The lowest BCUT2D eigenvalue weighted by Gasteiger charge is -2.76. The predicted octanol–water partition coefficient (Wildman–Crippen LogP) is 12.8. The first-order valence-electron chi connectivity index (χ1n) is 20.7. The van der Waals surface area contributed by atoms with Crippen LogP contribution in [0.5, 0.6) is 0 Å². The Kier molecular flexibility index (Phi) is 7.77. The molecule has 7 aromatic carbocycles. The fourth-order valence-corrected chi connectivity index (χ4v) is 10.6. The van der Waals surface area contributed by atoms with Gasteiger partial charge in [-0.2, -0.15) is 0 Å². The van der Waals surface area contributed by atoms with Gasteiger partial charge in [0.2, 0.25) is 0 Å². The van der Waals surface area contributed by atoms with Gasteiger partial charge in [-0.15, -0.1) is 0 Å². The molecule has 0 radical (unpaired) electrons. The van der Waals surface area contributed by atoms with Gasteiger partial charge in [0.15, 0.2) is 23.3 Å². The molecule has 0 aliphatic heterocycles. The van der Waals surface area contributed by atoms with Crippen molar-refractivity contribution in [3.05, 3.63) is 188 Å². The highest BCUT2D eigenvalue weighted by Crippen LogP contribution is 2.77. The Balaban J connectivity index is 0.958. The third-order valence-electron chi connectivity index (χ3n) is 13.3. The second kappa shape index (κ2) is 13.5. The van der Waals surface area contributed by atoms with E-state index in [0.29, 0.717) is 22.9 Å². The largest absolute Gasteiger partial charge is 0.228 e. The molecule has 3 fully saturated rings. The lowest BCUT2D eigenvalue weighted by molar-refractivity contribution is -0.219. The minimum Gasteiger partial charge on any atom is -0.228 e. The molecule has 12 rings (SSSR count). The first-order valence-corrected chi connectivity index (χ1v) is 20.7. The zero-order valence-corrected chi connectivity index (χ0v) is 32.4. The van der Waals surface area contributed by atoms with Gasteiger partial charge in [-0.3, -0.25) is 0 Å². The Bertz CT molecular complexity index is 2980. The smallest absolute Gasteiger partial charge is 0.164 e. The Morgan fingerprint density at radius 1 is 0.356 bits per heavy atom. The highest BCUT2D eigenvalue weighted by Gasteiger charge is 2.71. The van der Waals surface area contributed by atoms with E-state index in [1.807, 2.05) is 60.7 Å². The Hall–Kier alpha value is -7.11. The van der Waals surface area contributed by atoms with Gasteiger partial charge < -0.3 is 0 Å². The van der Waals surface area contributed by atoms with Crippen LogP contribution in [0.3, 0.4) is 0 Å². The minimum atomic E-state index is 0.383. The van der Waals surface area contributed by atoms with Crippen molar-refractivity contribution in [3.63, 3.8) is 0 Å². The molecule has 0 spiro atoms. The molecule has 2 unspecified atom stereocenters. The fraction of sp³-hybridized carbons (Fsp3) is 0.130. The molecule has 2 heterocycles. The summed E-state index contributed by atoms with van der Waals surface area (Å²) in [6.07, 6.45) is 4.13. The van der Waals surface area contributed by atoms with Crippen molar-refractivity contribution < 1.29 is 0 Å². The topological polar surface area (TPSA) is 64.5 Å². The normalized spacial score (nSPS) is 19.9. The third-order valence-corrected chi connectivity index (χ3v) is 13.3. The highest BCUT2D eigenvalue weighted by atomic mass is 15.0. The molecular weight excluding hydrogens is 719 g/mol. The number of nitrogens with zero attached hydrogens (tertiary/aromatic N) is 5. The van der Waals surface area contributed by atoms with Crippen LogP contribution < -0.4 is 0 Å². The molecule has 3 saturated carbocycles. The summed E-state index contributed by atoms with van der Waals surface area (Å²) in [5.41, 5.74) is 12.0. The molecule has 0 saturated heterocycles. The number of hydrogen-bond donors (Lipinski definition) is 0. The van der Waals surface area contributed by atoms with E-state index in [4.69, 9.17) is 24.9 Å². The van der Waals surface area contributed by atoms with E-state index in [1.165, 1.54) is 24.8 Å². The van der Waals surface area contributed by atoms with Gasteiger partial charge >= 0.3 is 0 Å². The van der Waals surface area contributed by atoms with E-state index in [9.17, 15) is 0 Å². The summed E-state index contributed by atoms with van der Waals surface area (Å²) < 4.78 is 0. The maximum Gasteiger partial charge on any atom is 0.164 e. The molecule has 0 N–H and O–H groups in total. The molecule has 2 aromatic heterocycles. The molecule has 0 amide bonds. The summed E-state index contributed by atoms with van der Waals surface area (Å²) in [7, 11) is 0. The lowest BCUT2D eigenvalue weighted by Crippen LogP contribution is -2.71. The Labute approximate surface area is 343 Å². The molecule has 9 aromatic rings. The van der Waals surface area contributed by atoms with Crippen molar-refractivity contribution in [1.82, 2.24) is 24.9 Å². The van der Waals surface area contributed by atoms with E-state index < -0.39 is 0 Å². The van der Waals surface area contributed by atoms with Gasteiger partial charge in [-0.05, 0) is 94.2 Å². The first-order chi connectivity index (χ1) is 29.2. The van der Waals surface area contributed by atoms with Crippen molar-refractivity contribution in [2.24, 2.45) is 17.8 Å². The quantitative estimate of drug-likeness (QED) is 0.154. The van der Waals surface area contributed by atoms with Crippen LogP contribution in [-0.4, -0.2) is 24.9 Å². The van der Waals surface area contributed by atoms with E-state index in [0.717, 1.165) is 90.2 Å². The van der Waals surface area contributed by atoms with Gasteiger partial charge in [-0.1, -0.05) is 158 Å². The van der Waals surface area contributed by atoms with Crippen LogP contribution in [0.2, 0.25) is 0 Å². The van der Waals surface area contributed by atoms with Crippen LogP contribution in [0.25, 0.3) is 90.0 Å². The summed E-state index contributed by atoms with van der Waals surface area (Å²) >= 11 is 0. The van der Waals surface area contributed by atoms with Crippen molar-refractivity contribution >= 4 is 10.8 Å². The fourth-order valence-electron chi connectivity index (χ4n) is 10.6. The molecule has 280 valence electrons. The van der Waals surface area contributed by atoms with E-state index in [-0.39, 0.29) is 0 Å². The van der Waals surface area contributed by atoms with Crippen LogP contribution in [0.4, 0.5) is 0 Å². The van der Waals surface area contributed by atoms with E-state index >= 15 is 0 Å². The first kappa shape index (κ1) is 34.0. The number of benzene rings is 7. The van der Waals surface area contributed by atoms with Crippen molar-refractivity contribution in [2.45, 2.75) is 24.7 Å². The maximum absolute atomic E-state index is 5.31. The zero-order chi connectivity index (χ0) is 38.9. The molecule has 59 heavy (non-hydrogen) atoms. The second-order valence-electron chi connectivity index (χ2n) is 16.6. The number of hydrogen-bond acceptors (Lipinski definition) is 5. The molecule has 3 aliphatic carbocycles. The summed E-state index contributed by atoms with van der Waals surface area (Å²) in [6, 6.07) is 63.7. The molecule has 0 bridgehead atoms. The summed E-state index contributed by atoms with van der Waals surface area (Å²) in [4.78, 5) is 25.6. The number of aromatic nitrogens is 5. The molecule has 2 atom stereocenters. The van der Waals surface area contributed by atoms with Crippen LogP contribution >= 0.6 is 0 Å².